The smallest absolute Gasteiger partial charge is 0.303 e. The highest BCUT2D eigenvalue weighted by Crippen LogP contribution is 2.30. The van der Waals surface area contributed by atoms with Crippen LogP contribution in [-0.2, 0) is 4.79 Å². The van der Waals surface area contributed by atoms with E-state index >= 15 is 0 Å². The molecule has 0 spiro atoms. The van der Waals surface area contributed by atoms with E-state index in [1.165, 1.54) is 0 Å². The lowest BCUT2D eigenvalue weighted by Gasteiger charge is -2.53. The standard InChI is InChI=1S/C15H30N2O2/c1-14(2,3)16-9-11-17(6,12-10-16)15(4,5)8-7-13(18)19/h7-12H2,1-6H3/p+1. The monoisotopic (exact) mass is 271 g/mol. The third-order valence-electron chi connectivity index (χ3n) is 5.09. The van der Waals surface area contributed by atoms with Crippen LogP contribution in [0.25, 0.3) is 0 Å². The summed E-state index contributed by atoms with van der Waals surface area (Å²) in [5.41, 5.74) is 0.263. The molecular weight excluding hydrogens is 240 g/mol. The molecule has 0 aromatic heterocycles. The molecule has 1 saturated heterocycles. The Hall–Kier alpha value is -0.610. The fourth-order valence-electron chi connectivity index (χ4n) is 2.87. The first kappa shape index (κ1) is 16.4. The maximum Gasteiger partial charge on any atom is 0.303 e. The van der Waals surface area contributed by atoms with E-state index in [1.807, 2.05) is 0 Å². The summed E-state index contributed by atoms with van der Waals surface area (Å²) in [7, 11) is 2.28. The van der Waals surface area contributed by atoms with Gasteiger partial charge in [-0.3, -0.25) is 9.69 Å². The van der Waals surface area contributed by atoms with E-state index in [1.54, 1.807) is 0 Å². The minimum Gasteiger partial charge on any atom is -0.481 e. The van der Waals surface area contributed by atoms with Crippen LogP contribution in [-0.4, -0.2) is 64.8 Å². The molecule has 0 saturated carbocycles. The first-order chi connectivity index (χ1) is 8.48. The Balaban J connectivity index is 2.66. The van der Waals surface area contributed by atoms with Gasteiger partial charge in [0.2, 0.25) is 0 Å². The Labute approximate surface area is 118 Å². The van der Waals surface area contributed by atoms with Gasteiger partial charge in [-0.2, -0.15) is 0 Å². The molecule has 0 amide bonds. The zero-order valence-electron chi connectivity index (χ0n) is 13.5. The molecule has 0 atom stereocenters. The maximum atomic E-state index is 10.8. The second kappa shape index (κ2) is 5.41. The molecule has 0 aromatic carbocycles. The van der Waals surface area contributed by atoms with Gasteiger partial charge in [0.25, 0.3) is 0 Å². The van der Waals surface area contributed by atoms with Crippen molar-refractivity contribution in [1.82, 2.24) is 4.90 Å². The zero-order chi connectivity index (χ0) is 14.9. The number of piperazine rings is 1. The molecule has 1 heterocycles. The zero-order valence-corrected chi connectivity index (χ0v) is 13.5. The van der Waals surface area contributed by atoms with E-state index in [-0.39, 0.29) is 17.5 Å². The Bertz CT molecular complexity index is 324. The number of rotatable bonds is 4. The van der Waals surface area contributed by atoms with E-state index < -0.39 is 5.97 Å². The van der Waals surface area contributed by atoms with Crippen molar-refractivity contribution in [1.29, 1.82) is 0 Å². The number of hydrogen-bond acceptors (Lipinski definition) is 2. The lowest BCUT2D eigenvalue weighted by molar-refractivity contribution is -0.959. The minimum absolute atomic E-state index is 0.0301. The van der Waals surface area contributed by atoms with Crippen LogP contribution < -0.4 is 0 Å². The third kappa shape index (κ3) is 3.93. The summed E-state index contributed by atoms with van der Waals surface area (Å²) >= 11 is 0. The average molecular weight is 271 g/mol. The number of carbonyl (C=O) groups is 1. The summed E-state index contributed by atoms with van der Waals surface area (Å²) in [4.78, 5) is 13.3. The number of hydrogen-bond donors (Lipinski definition) is 1. The summed E-state index contributed by atoms with van der Waals surface area (Å²) in [5, 5.41) is 8.89. The molecule has 4 heteroatoms. The van der Waals surface area contributed by atoms with Gasteiger partial charge in [-0.15, -0.1) is 0 Å². The molecule has 112 valence electrons. The van der Waals surface area contributed by atoms with Crippen molar-refractivity contribution in [3.05, 3.63) is 0 Å². The van der Waals surface area contributed by atoms with Crippen LogP contribution in [0.1, 0.15) is 47.5 Å². The largest absolute Gasteiger partial charge is 0.481 e. The molecular formula is C15H31N2O2+. The molecule has 1 aliphatic rings. The summed E-state index contributed by atoms with van der Waals surface area (Å²) in [6.45, 7) is 15.6. The fraction of sp³-hybridized carbons (Fsp3) is 0.933. The quantitative estimate of drug-likeness (QED) is 0.797. The molecule has 0 aliphatic carbocycles. The van der Waals surface area contributed by atoms with E-state index in [0.717, 1.165) is 37.1 Å². The third-order valence-corrected chi connectivity index (χ3v) is 5.09. The van der Waals surface area contributed by atoms with Crippen LogP contribution in [0.3, 0.4) is 0 Å². The normalized spacial score (nSPS) is 21.4. The second-order valence-corrected chi connectivity index (χ2v) is 7.71. The minimum atomic E-state index is -0.687. The number of carboxylic acid groups (broad SMARTS) is 1. The summed E-state index contributed by atoms with van der Waals surface area (Å²) in [5.74, 6) is -0.687. The van der Waals surface area contributed by atoms with E-state index in [0.29, 0.717) is 0 Å². The Morgan fingerprint density at radius 2 is 1.63 bits per heavy atom. The van der Waals surface area contributed by atoms with Gasteiger partial charge in [-0.1, -0.05) is 0 Å². The molecule has 0 unspecified atom stereocenters. The van der Waals surface area contributed by atoms with Crippen LogP contribution >= 0.6 is 0 Å². The lowest BCUT2D eigenvalue weighted by Crippen LogP contribution is -2.68. The van der Waals surface area contributed by atoms with Crippen molar-refractivity contribution in [3.8, 4) is 0 Å². The van der Waals surface area contributed by atoms with Crippen molar-refractivity contribution in [2.45, 2.75) is 58.5 Å². The van der Waals surface area contributed by atoms with Gasteiger partial charge in [0.1, 0.15) is 0 Å². The van der Waals surface area contributed by atoms with Crippen molar-refractivity contribution >= 4 is 5.97 Å². The highest BCUT2D eigenvalue weighted by atomic mass is 16.4. The summed E-state index contributed by atoms with van der Waals surface area (Å²) in [6.07, 6.45) is 1.01. The first-order valence-corrected chi connectivity index (χ1v) is 7.29. The van der Waals surface area contributed by atoms with E-state index in [2.05, 4.69) is 46.6 Å². The van der Waals surface area contributed by atoms with Crippen LogP contribution in [0.5, 0.6) is 0 Å². The number of carboxylic acids is 1. The number of aliphatic carboxylic acids is 1. The van der Waals surface area contributed by atoms with Crippen LogP contribution in [0.15, 0.2) is 0 Å². The van der Waals surface area contributed by atoms with Gasteiger partial charge < -0.3 is 9.59 Å². The highest BCUT2D eigenvalue weighted by molar-refractivity contribution is 5.66. The average Bonchev–Trinajstić information content (AvgIpc) is 2.25. The summed E-state index contributed by atoms with van der Waals surface area (Å²) < 4.78 is 0.979. The van der Waals surface area contributed by atoms with Gasteiger partial charge in [0.15, 0.2) is 0 Å². The number of likely N-dealkylation sites (N-methyl/N-ethyl adjacent to an activating group) is 1. The molecule has 19 heavy (non-hydrogen) atoms. The number of quaternary nitrogens is 1. The van der Waals surface area contributed by atoms with Crippen LogP contribution in [0, 0.1) is 0 Å². The molecule has 1 N–H and O–H groups in total. The molecule has 1 fully saturated rings. The predicted octanol–water partition coefficient (Wildman–Crippen LogP) is 2.19. The lowest BCUT2D eigenvalue weighted by atomic mass is 9.91. The molecule has 0 radical (unpaired) electrons. The van der Waals surface area contributed by atoms with Gasteiger partial charge in [0, 0.05) is 25.0 Å². The van der Waals surface area contributed by atoms with Crippen molar-refractivity contribution in [2.75, 3.05) is 33.2 Å². The predicted molar refractivity (Wildman–Crippen MR) is 78.2 cm³/mol. The Kier molecular flexibility index (Phi) is 4.68. The Morgan fingerprint density at radius 3 is 2.00 bits per heavy atom. The summed E-state index contributed by atoms with van der Waals surface area (Å²) in [6, 6.07) is 0. The molecule has 0 aromatic rings. The van der Waals surface area contributed by atoms with Gasteiger partial charge in [-0.05, 0) is 34.6 Å². The first-order valence-electron chi connectivity index (χ1n) is 7.29. The van der Waals surface area contributed by atoms with E-state index in [9.17, 15) is 4.79 Å². The van der Waals surface area contributed by atoms with Crippen molar-refractivity contribution in [3.63, 3.8) is 0 Å². The molecule has 1 rings (SSSR count). The van der Waals surface area contributed by atoms with Crippen molar-refractivity contribution < 1.29 is 14.4 Å². The number of nitrogens with zero attached hydrogens (tertiary/aromatic N) is 2. The van der Waals surface area contributed by atoms with Crippen molar-refractivity contribution in [2.24, 2.45) is 0 Å². The van der Waals surface area contributed by atoms with Crippen LogP contribution in [0.4, 0.5) is 0 Å². The molecule has 4 nitrogen and oxygen atoms in total. The molecule has 0 bridgehead atoms. The maximum absolute atomic E-state index is 10.8. The second-order valence-electron chi connectivity index (χ2n) is 7.71. The molecule has 1 aliphatic heterocycles. The van der Waals surface area contributed by atoms with Gasteiger partial charge >= 0.3 is 5.97 Å². The fourth-order valence-corrected chi connectivity index (χ4v) is 2.87. The highest BCUT2D eigenvalue weighted by Gasteiger charge is 2.43. The SMILES string of the molecule is CC(C)(C)N1CC[N+](C)(C(C)(C)CCC(=O)O)CC1. The van der Waals surface area contributed by atoms with Gasteiger partial charge in [-0.25, -0.2) is 0 Å². The Morgan fingerprint density at radius 1 is 1.16 bits per heavy atom. The van der Waals surface area contributed by atoms with Crippen LogP contribution in [0.2, 0.25) is 0 Å². The van der Waals surface area contributed by atoms with Gasteiger partial charge in [0.05, 0.1) is 32.1 Å². The topological polar surface area (TPSA) is 40.5 Å². The van der Waals surface area contributed by atoms with E-state index in [4.69, 9.17) is 5.11 Å².